The van der Waals surface area contributed by atoms with Gasteiger partial charge >= 0.3 is 5.97 Å². The minimum atomic E-state index is -0.999. The van der Waals surface area contributed by atoms with Crippen molar-refractivity contribution in [1.82, 2.24) is 4.98 Å². The third kappa shape index (κ3) is 3.19. The Balaban J connectivity index is 3.17. The van der Waals surface area contributed by atoms with Crippen molar-refractivity contribution in [3.8, 4) is 5.88 Å². The average Bonchev–Trinajstić information content (AvgIpc) is 2.14. The van der Waals surface area contributed by atoms with Gasteiger partial charge in [-0.25, -0.2) is 9.78 Å². The molecule has 1 N–H and O–H groups in total. The van der Waals surface area contributed by atoms with Gasteiger partial charge in [-0.3, -0.25) is 0 Å². The number of carboxylic acids is 1. The number of aromatic carboxylic acids is 1. The Morgan fingerprint density at radius 2 is 1.94 bits per heavy atom. The molecule has 0 aliphatic heterocycles. The normalized spacial score (nSPS) is 12.6. The van der Waals surface area contributed by atoms with Gasteiger partial charge in [0.2, 0.25) is 5.88 Å². The van der Waals surface area contributed by atoms with Gasteiger partial charge in [0.05, 0.1) is 6.10 Å². The summed E-state index contributed by atoms with van der Waals surface area (Å²) in [6.07, 6.45) is -0.0678. The molecule has 17 heavy (non-hydrogen) atoms. The van der Waals surface area contributed by atoms with Crippen LogP contribution in [0.4, 0.5) is 0 Å². The molecule has 0 aliphatic rings. The zero-order chi connectivity index (χ0) is 13.2. The summed E-state index contributed by atoms with van der Waals surface area (Å²) in [5.41, 5.74) is 1.59. The van der Waals surface area contributed by atoms with Crippen LogP contribution in [0.2, 0.25) is 0 Å². The number of pyridine rings is 1. The molecular formula is C13H19NO3. The fourth-order valence-electron chi connectivity index (χ4n) is 1.46. The quantitative estimate of drug-likeness (QED) is 0.874. The Bertz CT molecular complexity index is 427. The fourth-order valence-corrected chi connectivity index (χ4v) is 1.46. The smallest absolute Gasteiger partial charge is 0.341 e. The van der Waals surface area contributed by atoms with Crippen molar-refractivity contribution in [3.05, 3.63) is 22.9 Å². The van der Waals surface area contributed by atoms with Crippen LogP contribution in [0.5, 0.6) is 5.88 Å². The van der Waals surface area contributed by atoms with Gasteiger partial charge in [0.15, 0.2) is 0 Å². The van der Waals surface area contributed by atoms with E-state index in [1.807, 2.05) is 27.7 Å². The minimum absolute atomic E-state index is 0.0678. The van der Waals surface area contributed by atoms with E-state index in [1.165, 1.54) is 0 Å². The number of hydrogen-bond acceptors (Lipinski definition) is 3. The molecule has 0 aromatic carbocycles. The van der Waals surface area contributed by atoms with Crippen LogP contribution in [0.3, 0.4) is 0 Å². The summed E-state index contributed by atoms with van der Waals surface area (Å²) < 4.78 is 5.64. The Labute approximate surface area is 102 Å². The molecule has 0 saturated heterocycles. The summed E-state index contributed by atoms with van der Waals surface area (Å²) >= 11 is 0. The second kappa shape index (κ2) is 5.17. The van der Waals surface area contributed by atoms with E-state index in [-0.39, 0.29) is 17.5 Å². The number of hydrogen-bond donors (Lipinski definition) is 1. The van der Waals surface area contributed by atoms with Gasteiger partial charge in [0.25, 0.3) is 0 Å². The lowest BCUT2D eigenvalue weighted by atomic mass is 10.1. The molecule has 1 atom stereocenters. The lowest BCUT2D eigenvalue weighted by molar-refractivity contribution is 0.0684. The summed E-state index contributed by atoms with van der Waals surface area (Å²) in [5.74, 6) is -0.476. The van der Waals surface area contributed by atoms with Gasteiger partial charge in [-0.15, -0.1) is 0 Å². The first-order valence-electron chi connectivity index (χ1n) is 5.71. The van der Waals surface area contributed by atoms with Crippen molar-refractivity contribution >= 4 is 5.97 Å². The van der Waals surface area contributed by atoms with Crippen LogP contribution in [0.15, 0.2) is 6.07 Å². The summed E-state index contributed by atoms with van der Waals surface area (Å²) in [6, 6.07) is 1.75. The number of carboxylic acid groups (broad SMARTS) is 1. The van der Waals surface area contributed by atoms with E-state index in [0.29, 0.717) is 11.5 Å². The van der Waals surface area contributed by atoms with E-state index in [9.17, 15) is 4.79 Å². The van der Waals surface area contributed by atoms with Crippen molar-refractivity contribution in [2.45, 2.75) is 40.7 Å². The third-order valence-electron chi connectivity index (χ3n) is 2.76. The second-order valence-corrected chi connectivity index (χ2v) is 4.63. The first-order valence-corrected chi connectivity index (χ1v) is 5.71. The summed E-state index contributed by atoms with van der Waals surface area (Å²) in [4.78, 5) is 15.4. The number of aryl methyl sites for hydroxylation is 2. The predicted octanol–water partition coefficient (Wildman–Crippen LogP) is 2.82. The maximum absolute atomic E-state index is 11.2. The van der Waals surface area contributed by atoms with E-state index in [2.05, 4.69) is 4.98 Å². The number of carbonyl (C=O) groups is 1. The van der Waals surface area contributed by atoms with Crippen molar-refractivity contribution in [2.75, 3.05) is 0 Å². The molecular weight excluding hydrogens is 218 g/mol. The van der Waals surface area contributed by atoms with Gasteiger partial charge in [-0.1, -0.05) is 13.8 Å². The highest BCUT2D eigenvalue weighted by molar-refractivity contribution is 5.91. The van der Waals surface area contributed by atoms with Crippen LogP contribution >= 0.6 is 0 Å². The molecule has 4 nitrogen and oxygen atoms in total. The van der Waals surface area contributed by atoms with E-state index >= 15 is 0 Å². The SMILES string of the molecule is Cc1cc(C)c(C(=O)O)c(OC(C)C(C)C)n1. The van der Waals surface area contributed by atoms with Crippen LogP contribution in [0.1, 0.15) is 42.4 Å². The minimum Gasteiger partial charge on any atom is -0.477 e. The Morgan fingerprint density at radius 1 is 1.35 bits per heavy atom. The summed E-state index contributed by atoms with van der Waals surface area (Å²) in [5, 5.41) is 9.17. The topological polar surface area (TPSA) is 59.4 Å². The van der Waals surface area contributed by atoms with Crippen LogP contribution in [0.25, 0.3) is 0 Å². The first-order chi connectivity index (χ1) is 7.82. The third-order valence-corrected chi connectivity index (χ3v) is 2.76. The number of rotatable bonds is 4. The molecule has 4 heteroatoms. The Kier molecular flexibility index (Phi) is 4.10. The van der Waals surface area contributed by atoms with Crippen LogP contribution in [-0.2, 0) is 0 Å². The molecule has 1 unspecified atom stereocenters. The maximum atomic E-state index is 11.2. The molecule has 0 radical (unpaired) electrons. The van der Waals surface area contributed by atoms with Crippen molar-refractivity contribution < 1.29 is 14.6 Å². The van der Waals surface area contributed by atoms with Crippen LogP contribution in [-0.4, -0.2) is 22.2 Å². The largest absolute Gasteiger partial charge is 0.477 e. The lowest BCUT2D eigenvalue weighted by Gasteiger charge is -2.19. The molecule has 1 aromatic heterocycles. The van der Waals surface area contributed by atoms with Gasteiger partial charge in [-0.05, 0) is 38.3 Å². The molecule has 0 spiro atoms. The number of aromatic nitrogens is 1. The molecule has 1 aromatic rings. The van der Waals surface area contributed by atoms with E-state index < -0.39 is 5.97 Å². The van der Waals surface area contributed by atoms with Crippen molar-refractivity contribution in [1.29, 1.82) is 0 Å². The highest BCUT2D eigenvalue weighted by atomic mass is 16.5. The molecule has 0 aliphatic carbocycles. The Morgan fingerprint density at radius 3 is 2.41 bits per heavy atom. The van der Waals surface area contributed by atoms with E-state index in [0.717, 1.165) is 5.69 Å². The number of ether oxygens (including phenoxy) is 1. The predicted molar refractivity (Wildman–Crippen MR) is 65.6 cm³/mol. The molecule has 94 valence electrons. The second-order valence-electron chi connectivity index (χ2n) is 4.63. The Hall–Kier alpha value is -1.58. The lowest BCUT2D eigenvalue weighted by Crippen LogP contribution is -2.21. The van der Waals surface area contributed by atoms with Crippen LogP contribution < -0.4 is 4.74 Å². The standard InChI is InChI=1S/C13H19NO3/c1-7(2)10(5)17-12-11(13(15)16)8(3)6-9(4)14-12/h6-7,10H,1-5H3,(H,15,16). The molecule has 0 fully saturated rings. The highest BCUT2D eigenvalue weighted by Gasteiger charge is 2.20. The molecule has 1 rings (SSSR count). The van der Waals surface area contributed by atoms with E-state index in [1.54, 1.807) is 13.0 Å². The zero-order valence-electron chi connectivity index (χ0n) is 10.9. The monoisotopic (exact) mass is 237 g/mol. The van der Waals surface area contributed by atoms with Crippen LogP contribution in [0, 0.1) is 19.8 Å². The molecule has 0 bridgehead atoms. The van der Waals surface area contributed by atoms with Gasteiger partial charge in [0.1, 0.15) is 5.56 Å². The van der Waals surface area contributed by atoms with Gasteiger partial charge in [0, 0.05) is 5.69 Å². The zero-order valence-corrected chi connectivity index (χ0v) is 10.9. The van der Waals surface area contributed by atoms with Gasteiger partial charge in [-0.2, -0.15) is 0 Å². The average molecular weight is 237 g/mol. The van der Waals surface area contributed by atoms with Gasteiger partial charge < -0.3 is 9.84 Å². The summed E-state index contributed by atoms with van der Waals surface area (Å²) in [7, 11) is 0. The molecule has 0 saturated carbocycles. The maximum Gasteiger partial charge on any atom is 0.341 e. The van der Waals surface area contributed by atoms with Crippen molar-refractivity contribution in [3.63, 3.8) is 0 Å². The van der Waals surface area contributed by atoms with E-state index in [4.69, 9.17) is 9.84 Å². The fraction of sp³-hybridized carbons (Fsp3) is 0.538. The highest BCUT2D eigenvalue weighted by Crippen LogP contribution is 2.23. The molecule has 1 heterocycles. The number of nitrogens with zero attached hydrogens (tertiary/aromatic N) is 1. The first kappa shape index (κ1) is 13.5. The summed E-state index contributed by atoms with van der Waals surface area (Å²) in [6.45, 7) is 9.54. The molecule has 0 amide bonds. The van der Waals surface area contributed by atoms with Crippen molar-refractivity contribution in [2.24, 2.45) is 5.92 Å².